The second kappa shape index (κ2) is 10.9. The number of ether oxygens (including phenoxy) is 1. The zero-order valence-corrected chi connectivity index (χ0v) is 13.4. The van der Waals surface area contributed by atoms with Gasteiger partial charge in [-0.2, -0.15) is 0 Å². The number of nitrogens with one attached hydrogen (secondary N) is 1. The van der Waals surface area contributed by atoms with Gasteiger partial charge in [0.1, 0.15) is 0 Å². The molecule has 0 radical (unpaired) electrons. The molecular weight excluding hydrogens is 246 g/mol. The van der Waals surface area contributed by atoms with Crippen molar-refractivity contribution in [1.82, 2.24) is 5.32 Å². The van der Waals surface area contributed by atoms with Crippen molar-refractivity contribution in [1.29, 1.82) is 0 Å². The van der Waals surface area contributed by atoms with Gasteiger partial charge in [0.15, 0.2) is 0 Å². The van der Waals surface area contributed by atoms with Gasteiger partial charge in [-0.25, -0.2) is 0 Å². The van der Waals surface area contributed by atoms with Crippen LogP contribution in [-0.2, 0) is 4.74 Å². The maximum Gasteiger partial charge on any atom is 0.0518 e. The van der Waals surface area contributed by atoms with Crippen molar-refractivity contribution in [3.63, 3.8) is 0 Å². The molecule has 20 heavy (non-hydrogen) atoms. The minimum Gasteiger partial charge on any atom is -0.379 e. The van der Waals surface area contributed by atoms with Gasteiger partial charge in [0.2, 0.25) is 0 Å². The number of rotatable bonds is 11. The summed E-state index contributed by atoms with van der Waals surface area (Å²) in [5, 5.41) is 3.69. The zero-order chi connectivity index (χ0) is 14.6. The molecule has 2 heteroatoms. The Morgan fingerprint density at radius 2 is 1.80 bits per heavy atom. The van der Waals surface area contributed by atoms with Gasteiger partial charge in [-0.3, -0.25) is 0 Å². The molecule has 1 aromatic rings. The third-order valence-corrected chi connectivity index (χ3v) is 3.46. The van der Waals surface area contributed by atoms with Gasteiger partial charge < -0.3 is 10.1 Å². The highest BCUT2D eigenvalue weighted by Gasteiger charge is 2.09. The summed E-state index contributed by atoms with van der Waals surface area (Å²) in [5.41, 5.74) is 1.41. The molecule has 1 aromatic carbocycles. The molecule has 0 amide bonds. The third kappa shape index (κ3) is 7.66. The highest BCUT2D eigenvalue weighted by molar-refractivity contribution is 5.18. The Hall–Kier alpha value is -0.860. The molecule has 0 spiro atoms. The maximum absolute atomic E-state index is 5.59. The van der Waals surface area contributed by atoms with Crippen LogP contribution in [0.3, 0.4) is 0 Å². The summed E-state index contributed by atoms with van der Waals surface area (Å²) < 4.78 is 5.59. The minimum absolute atomic E-state index is 0.337. The molecule has 0 fully saturated rings. The molecule has 0 bridgehead atoms. The predicted molar refractivity (Wildman–Crippen MR) is 87.0 cm³/mol. The zero-order valence-electron chi connectivity index (χ0n) is 13.4. The van der Waals surface area contributed by atoms with Crippen molar-refractivity contribution in [2.75, 3.05) is 13.2 Å². The molecule has 1 N–H and O–H groups in total. The average Bonchev–Trinajstić information content (AvgIpc) is 2.46. The highest BCUT2D eigenvalue weighted by Crippen LogP contribution is 2.19. The standard InChI is InChI=1S/C18H31NO/c1-4-5-7-13-18(17-11-8-6-9-12-17)19-14-10-15-20-16(2)3/h6,8-9,11-12,16,18-19H,4-5,7,10,13-15H2,1-3H3. The van der Waals surface area contributed by atoms with Crippen LogP contribution in [-0.4, -0.2) is 19.3 Å². The molecule has 1 unspecified atom stereocenters. The predicted octanol–water partition coefficient (Wildman–Crippen LogP) is 4.71. The van der Waals surface area contributed by atoms with E-state index in [1.54, 1.807) is 0 Å². The molecule has 2 nitrogen and oxygen atoms in total. The third-order valence-electron chi connectivity index (χ3n) is 3.46. The van der Waals surface area contributed by atoms with E-state index in [4.69, 9.17) is 4.74 Å². The van der Waals surface area contributed by atoms with Crippen molar-refractivity contribution in [2.45, 2.75) is 65.0 Å². The van der Waals surface area contributed by atoms with E-state index in [9.17, 15) is 0 Å². The quantitative estimate of drug-likeness (QED) is 0.591. The lowest BCUT2D eigenvalue weighted by Crippen LogP contribution is -2.23. The molecule has 0 aromatic heterocycles. The molecule has 0 aliphatic heterocycles. The topological polar surface area (TPSA) is 21.3 Å². The van der Waals surface area contributed by atoms with E-state index in [-0.39, 0.29) is 0 Å². The van der Waals surface area contributed by atoms with E-state index in [0.29, 0.717) is 12.1 Å². The lowest BCUT2D eigenvalue weighted by Gasteiger charge is -2.19. The summed E-state index contributed by atoms with van der Waals surface area (Å²) in [4.78, 5) is 0. The van der Waals surface area contributed by atoms with Gasteiger partial charge >= 0.3 is 0 Å². The maximum atomic E-state index is 5.59. The first-order chi connectivity index (χ1) is 9.74. The Labute approximate surface area is 124 Å². The Bertz CT molecular complexity index is 323. The Morgan fingerprint density at radius 3 is 2.45 bits per heavy atom. The molecule has 0 aliphatic carbocycles. The van der Waals surface area contributed by atoms with Crippen molar-refractivity contribution < 1.29 is 4.74 Å². The first kappa shape index (κ1) is 17.2. The smallest absolute Gasteiger partial charge is 0.0518 e. The lowest BCUT2D eigenvalue weighted by atomic mass is 10.0. The van der Waals surface area contributed by atoms with Crippen LogP contribution < -0.4 is 5.32 Å². The second-order valence-electron chi connectivity index (χ2n) is 5.69. The van der Waals surface area contributed by atoms with Crippen LogP contribution in [0.1, 0.15) is 64.5 Å². The Balaban J connectivity index is 2.35. The lowest BCUT2D eigenvalue weighted by molar-refractivity contribution is 0.0766. The SMILES string of the molecule is CCCCCC(NCCCOC(C)C)c1ccccc1. The number of hydrogen-bond acceptors (Lipinski definition) is 2. The largest absolute Gasteiger partial charge is 0.379 e. The van der Waals surface area contributed by atoms with E-state index in [0.717, 1.165) is 19.6 Å². The normalized spacial score (nSPS) is 12.8. The summed E-state index contributed by atoms with van der Waals surface area (Å²) >= 11 is 0. The Kier molecular flexibility index (Phi) is 9.35. The van der Waals surface area contributed by atoms with Crippen molar-refractivity contribution in [2.24, 2.45) is 0 Å². The van der Waals surface area contributed by atoms with E-state index in [2.05, 4.69) is 56.4 Å². The summed E-state index contributed by atoms with van der Waals surface area (Å²) in [5.74, 6) is 0. The van der Waals surface area contributed by atoms with Crippen LogP contribution in [0.5, 0.6) is 0 Å². The van der Waals surface area contributed by atoms with Gasteiger partial charge in [0.25, 0.3) is 0 Å². The molecule has 0 aliphatic rings. The van der Waals surface area contributed by atoms with Crippen LogP contribution in [0.25, 0.3) is 0 Å². The number of benzene rings is 1. The van der Waals surface area contributed by atoms with Crippen LogP contribution in [0.15, 0.2) is 30.3 Å². The van der Waals surface area contributed by atoms with E-state index >= 15 is 0 Å². The molecule has 1 rings (SSSR count). The molecular formula is C18H31NO. The molecule has 0 heterocycles. The molecule has 0 saturated carbocycles. The summed E-state index contributed by atoms with van der Waals surface area (Å²) in [6.07, 6.45) is 6.54. The molecule has 114 valence electrons. The van der Waals surface area contributed by atoms with Gasteiger partial charge in [-0.15, -0.1) is 0 Å². The second-order valence-corrected chi connectivity index (χ2v) is 5.69. The Morgan fingerprint density at radius 1 is 1.05 bits per heavy atom. The van der Waals surface area contributed by atoms with Gasteiger partial charge in [-0.1, -0.05) is 56.5 Å². The fourth-order valence-corrected chi connectivity index (χ4v) is 2.34. The van der Waals surface area contributed by atoms with Crippen LogP contribution >= 0.6 is 0 Å². The minimum atomic E-state index is 0.337. The first-order valence-electron chi connectivity index (χ1n) is 8.14. The van der Waals surface area contributed by atoms with Crippen molar-refractivity contribution in [3.05, 3.63) is 35.9 Å². The number of unbranched alkanes of at least 4 members (excludes halogenated alkanes) is 2. The molecule has 1 atom stereocenters. The summed E-state index contributed by atoms with van der Waals surface area (Å²) in [6.45, 7) is 8.31. The van der Waals surface area contributed by atoms with Crippen LogP contribution in [0.4, 0.5) is 0 Å². The monoisotopic (exact) mass is 277 g/mol. The van der Waals surface area contributed by atoms with E-state index in [1.165, 1.54) is 31.2 Å². The van der Waals surface area contributed by atoms with Crippen molar-refractivity contribution >= 4 is 0 Å². The fourth-order valence-electron chi connectivity index (χ4n) is 2.34. The van der Waals surface area contributed by atoms with Crippen LogP contribution in [0, 0.1) is 0 Å². The number of hydrogen-bond donors (Lipinski definition) is 1. The summed E-state index contributed by atoms with van der Waals surface area (Å²) in [7, 11) is 0. The van der Waals surface area contributed by atoms with E-state index < -0.39 is 0 Å². The summed E-state index contributed by atoms with van der Waals surface area (Å²) in [6, 6.07) is 11.3. The average molecular weight is 277 g/mol. The van der Waals surface area contributed by atoms with Crippen molar-refractivity contribution in [3.8, 4) is 0 Å². The van der Waals surface area contributed by atoms with E-state index in [1.807, 2.05) is 0 Å². The van der Waals surface area contributed by atoms with Crippen LogP contribution in [0.2, 0.25) is 0 Å². The fraction of sp³-hybridized carbons (Fsp3) is 0.667. The first-order valence-corrected chi connectivity index (χ1v) is 8.14. The highest BCUT2D eigenvalue weighted by atomic mass is 16.5. The molecule has 0 saturated heterocycles. The van der Waals surface area contributed by atoms with Gasteiger partial charge in [0, 0.05) is 12.6 Å². The van der Waals surface area contributed by atoms with Gasteiger partial charge in [0.05, 0.1) is 6.10 Å². The van der Waals surface area contributed by atoms with Gasteiger partial charge in [-0.05, 0) is 38.8 Å².